The minimum absolute atomic E-state index is 0.640. The molecule has 0 radical (unpaired) electrons. The van der Waals surface area contributed by atoms with Crippen LogP contribution < -0.4 is 0 Å². The van der Waals surface area contributed by atoms with Crippen LogP contribution in [0.4, 0.5) is 0 Å². The maximum absolute atomic E-state index is 5.23. The van der Waals surface area contributed by atoms with Crippen LogP contribution in [0, 0.1) is 0 Å². The molecule has 0 amide bonds. The maximum Gasteiger partial charge on any atom is 0.164 e. The van der Waals surface area contributed by atoms with E-state index in [4.69, 9.17) is 15.0 Å². The van der Waals surface area contributed by atoms with Crippen LogP contribution in [0.1, 0.15) is 0 Å². The van der Waals surface area contributed by atoms with Crippen molar-refractivity contribution in [3.8, 4) is 56.4 Å². The Kier molecular flexibility index (Phi) is 7.49. The minimum atomic E-state index is 0.640. The third-order valence-corrected chi connectivity index (χ3v) is 11.0. The Hall–Kier alpha value is -7.49. The van der Waals surface area contributed by atoms with Crippen molar-refractivity contribution in [2.75, 3.05) is 0 Å². The lowest BCUT2D eigenvalue weighted by Gasteiger charge is -2.15. The van der Waals surface area contributed by atoms with Gasteiger partial charge >= 0.3 is 0 Å². The lowest BCUT2D eigenvalue weighted by atomic mass is 9.89. The predicted octanol–water partition coefficient (Wildman–Crippen LogP) is 14.0. The van der Waals surface area contributed by atoms with Crippen molar-refractivity contribution in [1.29, 1.82) is 0 Å². The van der Waals surface area contributed by atoms with Crippen molar-refractivity contribution < 1.29 is 0 Å². The number of hydrogen-bond acceptors (Lipinski definition) is 3. The normalized spacial score (nSPS) is 11.6. The van der Waals surface area contributed by atoms with Gasteiger partial charge in [-0.1, -0.05) is 170 Å². The first kappa shape index (κ1) is 32.0. The number of fused-ring (bicyclic) bond motifs is 6. The first-order valence-electron chi connectivity index (χ1n) is 19.0. The van der Waals surface area contributed by atoms with Crippen molar-refractivity contribution >= 4 is 53.9 Å². The van der Waals surface area contributed by atoms with E-state index in [2.05, 4.69) is 176 Å². The topological polar surface area (TPSA) is 38.7 Å². The van der Waals surface area contributed by atoms with E-state index in [1.807, 2.05) is 24.3 Å². The first-order chi connectivity index (χ1) is 27.7. The van der Waals surface area contributed by atoms with Crippen LogP contribution in [-0.2, 0) is 0 Å². The molecule has 260 valence electrons. The summed E-state index contributed by atoms with van der Waals surface area (Å²) < 4.78 is 0. The summed E-state index contributed by atoms with van der Waals surface area (Å²) in [6.07, 6.45) is 0. The Labute approximate surface area is 324 Å². The molecule has 0 fully saturated rings. The van der Waals surface area contributed by atoms with E-state index in [1.165, 1.54) is 43.4 Å². The number of benzene rings is 10. The number of hydrogen-bond donors (Lipinski definition) is 0. The Morgan fingerprint density at radius 2 is 0.750 bits per heavy atom. The van der Waals surface area contributed by atoms with Gasteiger partial charge in [0.1, 0.15) is 0 Å². The second-order valence-electron chi connectivity index (χ2n) is 14.4. The lowest BCUT2D eigenvalue weighted by molar-refractivity contribution is 1.08. The van der Waals surface area contributed by atoms with Crippen LogP contribution >= 0.6 is 0 Å². The van der Waals surface area contributed by atoms with Gasteiger partial charge in [-0.15, -0.1) is 0 Å². The molecule has 3 heteroatoms. The highest BCUT2D eigenvalue weighted by atomic mass is 15.0. The summed E-state index contributed by atoms with van der Waals surface area (Å²) in [5.41, 5.74) is 7.59. The second-order valence-corrected chi connectivity index (χ2v) is 14.4. The molecule has 56 heavy (non-hydrogen) atoms. The van der Waals surface area contributed by atoms with Gasteiger partial charge in [0, 0.05) is 16.7 Å². The number of rotatable bonds is 5. The van der Waals surface area contributed by atoms with Gasteiger partial charge in [-0.2, -0.15) is 0 Å². The molecule has 11 aromatic rings. The van der Waals surface area contributed by atoms with Crippen LogP contribution in [0.5, 0.6) is 0 Å². The quantitative estimate of drug-likeness (QED) is 0.132. The number of nitrogens with zero attached hydrogens (tertiary/aromatic N) is 3. The molecular weight excluding hydrogens is 679 g/mol. The summed E-state index contributed by atoms with van der Waals surface area (Å²) in [6, 6.07) is 71.3. The largest absolute Gasteiger partial charge is 0.208 e. The Morgan fingerprint density at radius 1 is 0.232 bits per heavy atom. The summed E-state index contributed by atoms with van der Waals surface area (Å²) >= 11 is 0. The highest BCUT2D eigenvalue weighted by Gasteiger charge is 2.17. The van der Waals surface area contributed by atoms with Crippen LogP contribution in [0.25, 0.3) is 110 Å². The van der Waals surface area contributed by atoms with Crippen molar-refractivity contribution in [3.63, 3.8) is 0 Å². The fraction of sp³-hybridized carbons (Fsp3) is 0. The maximum atomic E-state index is 5.23. The Bertz CT molecular complexity index is 3300. The highest BCUT2D eigenvalue weighted by molar-refractivity contribution is 6.20. The second kappa shape index (κ2) is 13.1. The predicted molar refractivity (Wildman–Crippen MR) is 235 cm³/mol. The van der Waals surface area contributed by atoms with E-state index >= 15 is 0 Å². The van der Waals surface area contributed by atoms with Gasteiger partial charge in [0.05, 0.1) is 0 Å². The van der Waals surface area contributed by atoms with Crippen LogP contribution in [0.15, 0.2) is 200 Å². The zero-order valence-corrected chi connectivity index (χ0v) is 30.4. The molecule has 3 nitrogen and oxygen atoms in total. The standard InChI is InChI=1S/C53H33N3/c1-3-13-34(14-4-1)43-31-39-18-8-11-21-45(39)49(33-43)53-55-51(36-16-5-2-6-17-36)54-52(56-53)42-26-24-37-29-41(25-23-38(37)30-42)50-46-22-12-9-19-40(46)32-48-44-20-10-7-15-35(44)27-28-47(48)50/h1-33H. The molecule has 0 unspecified atom stereocenters. The molecule has 1 heterocycles. The third kappa shape index (κ3) is 5.49. The summed E-state index contributed by atoms with van der Waals surface area (Å²) in [4.78, 5) is 15.5. The van der Waals surface area contributed by atoms with Crippen molar-refractivity contribution in [2.45, 2.75) is 0 Å². The average Bonchev–Trinajstić information content (AvgIpc) is 3.28. The highest BCUT2D eigenvalue weighted by Crippen LogP contribution is 2.41. The summed E-state index contributed by atoms with van der Waals surface area (Å²) in [5.74, 6) is 1.93. The molecule has 0 N–H and O–H groups in total. The first-order valence-corrected chi connectivity index (χ1v) is 19.0. The fourth-order valence-corrected chi connectivity index (χ4v) is 8.31. The number of aromatic nitrogens is 3. The zero-order valence-electron chi connectivity index (χ0n) is 30.4. The van der Waals surface area contributed by atoms with Gasteiger partial charge < -0.3 is 0 Å². The van der Waals surface area contributed by atoms with E-state index in [-0.39, 0.29) is 0 Å². The summed E-state index contributed by atoms with van der Waals surface area (Å²) in [5, 5.41) is 12.1. The average molecular weight is 712 g/mol. The smallest absolute Gasteiger partial charge is 0.164 e. The van der Waals surface area contributed by atoms with E-state index < -0.39 is 0 Å². The zero-order chi connectivity index (χ0) is 37.0. The molecule has 10 aromatic carbocycles. The molecule has 0 aliphatic heterocycles. The van der Waals surface area contributed by atoms with Gasteiger partial charge in [0.2, 0.25) is 0 Å². The van der Waals surface area contributed by atoms with Gasteiger partial charge in [0.25, 0.3) is 0 Å². The molecule has 0 bridgehead atoms. The monoisotopic (exact) mass is 711 g/mol. The minimum Gasteiger partial charge on any atom is -0.208 e. The van der Waals surface area contributed by atoms with Crippen LogP contribution in [-0.4, -0.2) is 15.0 Å². The van der Waals surface area contributed by atoms with Gasteiger partial charge in [0.15, 0.2) is 17.5 Å². The van der Waals surface area contributed by atoms with Gasteiger partial charge in [-0.25, -0.2) is 15.0 Å². The van der Waals surface area contributed by atoms with Crippen molar-refractivity contribution in [1.82, 2.24) is 15.0 Å². The molecule has 11 rings (SSSR count). The van der Waals surface area contributed by atoms with Gasteiger partial charge in [-0.3, -0.25) is 0 Å². The van der Waals surface area contributed by atoms with E-state index in [1.54, 1.807) is 0 Å². The van der Waals surface area contributed by atoms with Crippen molar-refractivity contribution in [2.24, 2.45) is 0 Å². The van der Waals surface area contributed by atoms with E-state index in [0.717, 1.165) is 49.4 Å². The molecule has 0 saturated carbocycles. The van der Waals surface area contributed by atoms with Crippen molar-refractivity contribution in [3.05, 3.63) is 200 Å². The molecule has 0 atom stereocenters. The van der Waals surface area contributed by atoms with Gasteiger partial charge in [-0.05, 0) is 106 Å². The fourth-order valence-electron chi connectivity index (χ4n) is 8.31. The van der Waals surface area contributed by atoms with Crippen LogP contribution in [0.2, 0.25) is 0 Å². The molecule has 0 saturated heterocycles. The molecule has 1 aromatic heterocycles. The molecular formula is C53H33N3. The lowest BCUT2D eigenvalue weighted by Crippen LogP contribution is -2.01. The summed E-state index contributed by atoms with van der Waals surface area (Å²) in [7, 11) is 0. The summed E-state index contributed by atoms with van der Waals surface area (Å²) in [6.45, 7) is 0. The SMILES string of the molecule is c1ccc(-c2cc(-c3nc(-c4ccccc4)nc(-c4ccc5cc(-c6c7ccccc7cc7c6ccc6ccccc67)ccc5c4)n3)c3ccccc3c2)cc1. The molecule has 0 spiro atoms. The Balaban J connectivity index is 1.08. The third-order valence-electron chi connectivity index (χ3n) is 11.0. The van der Waals surface area contributed by atoms with E-state index in [9.17, 15) is 0 Å². The molecule has 0 aliphatic carbocycles. The Morgan fingerprint density at radius 3 is 1.50 bits per heavy atom. The van der Waals surface area contributed by atoms with E-state index in [0.29, 0.717) is 17.5 Å². The molecule has 0 aliphatic rings. The van der Waals surface area contributed by atoms with Crippen LogP contribution in [0.3, 0.4) is 0 Å².